The van der Waals surface area contributed by atoms with Gasteiger partial charge in [0.25, 0.3) is 5.69 Å². The van der Waals surface area contributed by atoms with Gasteiger partial charge in [-0.15, -0.1) is 0 Å². The molecule has 100 valence electrons. The topological polar surface area (TPSA) is 63.4 Å². The Morgan fingerprint density at radius 1 is 1.50 bits per heavy atom. The highest BCUT2D eigenvalue weighted by atomic mass is 79.9. The summed E-state index contributed by atoms with van der Waals surface area (Å²) in [4.78, 5) is 10.3. The maximum absolute atomic E-state index is 13.4. The Kier molecular flexibility index (Phi) is 4.45. The number of benzene rings is 1. The molecule has 4 nitrogen and oxygen atoms in total. The van der Waals surface area contributed by atoms with E-state index >= 15 is 0 Å². The first-order valence-corrected chi connectivity index (χ1v) is 6.22. The molecule has 0 bridgehead atoms. The third-order valence-corrected chi connectivity index (χ3v) is 3.34. The summed E-state index contributed by atoms with van der Waals surface area (Å²) >= 11 is 2.91. The highest BCUT2D eigenvalue weighted by molar-refractivity contribution is 9.10. The Morgan fingerprint density at radius 2 is 2.06 bits per heavy atom. The van der Waals surface area contributed by atoms with Crippen LogP contribution < -0.4 is 0 Å². The van der Waals surface area contributed by atoms with Crippen LogP contribution in [0.1, 0.15) is 26.3 Å². The molecule has 1 N–H and O–H groups in total. The summed E-state index contributed by atoms with van der Waals surface area (Å²) in [5, 5.41) is 20.8. The Morgan fingerprint density at radius 3 is 2.50 bits per heavy atom. The number of hydrogen-bond donors (Lipinski definition) is 1. The number of halogens is 2. The second kappa shape index (κ2) is 5.32. The Bertz CT molecular complexity index is 471. The summed E-state index contributed by atoms with van der Waals surface area (Å²) in [5.41, 5.74) is -0.410. The van der Waals surface area contributed by atoms with Crippen LogP contribution in [-0.4, -0.2) is 16.1 Å². The van der Waals surface area contributed by atoms with Crippen LogP contribution in [0.5, 0.6) is 0 Å². The molecule has 1 atom stereocenters. The molecule has 0 aromatic heterocycles. The van der Waals surface area contributed by atoms with Gasteiger partial charge in [0.05, 0.1) is 15.5 Å². The highest BCUT2D eigenvalue weighted by Crippen LogP contribution is 2.30. The number of aliphatic hydroxyl groups is 1. The smallest absolute Gasteiger partial charge is 0.274 e. The second-order valence-electron chi connectivity index (χ2n) is 5.24. The maximum atomic E-state index is 13.4. The molecule has 1 rings (SSSR count). The first-order valence-electron chi connectivity index (χ1n) is 5.43. The quantitative estimate of drug-likeness (QED) is 0.685. The van der Waals surface area contributed by atoms with E-state index < -0.39 is 22.3 Å². The summed E-state index contributed by atoms with van der Waals surface area (Å²) in [7, 11) is 0. The zero-order chi connectivity index (χ0) is 14.1. The van der Waals surface area contributed by atoms with Crippen LogP contribution >= 0.6 is 15.9 Å². The van der Waals surface area contributed by atoms with Crippen LogP contribution in [0.15, 0.2) is 16.6 Å². The summed E-state index contributed by atoms with van der Waals surface area (Å²) in [6.07, 6.45) is -0.735. The Balaban J connectivity index is 3.15. The minimum absolute atomic E-state index is 0.0446. The van der Waals surface area contributed by atoms with E-state index in [-0.39, 0.29) is 22.1 Å². The predicted molar refractivity (Wildman–Crippen MR) is 69.9 cm³/mol. The summed E-state index contributed by atoms with van der Waals surface area (Å²) < 4.78 is 13.5. The fourth-order valence-corrected chi connectivity index (χ4v) is 1.76. The SMILES string of the molecule is CC(C)(C)C(O)Cc1cc(F)c(Br)cc1[N+](=O)[O-]. The van der Waals surface area contributed by atoms with Gasteiger partial charge in [-0.1, -0.05) is 20.8 Å². The lowest BCUT2D eigenvalue weighted by atomic mass is 9.85. The van der Waals surface area contributed by atoms with Crippen molar-refractivity contribution in [1.29, 1.82) is 0 Å². The van der Waals surface area contributed by atoms with Crippen molar-refractivity contribution >= 4 is 21.6 Å². The van der Waals surface area contributed by atoms with E-state index in [1.54, 1.807) is 0 Å². The Hall–Kier alpha value is -1.01. The summed E-state index contributed by atoms with van der Waals surface area (Å²) in [6, 6.07) is 2.22. The fraction of sp³-hybridized carbons (Fsp3) is 0.500. The number of nitrogens with zero attached hydrogens (tertiary/aromatic N) is 1. The zero-order valence-corrected chi connectivity index (χ0v) is 12.0. The van der Waals surface area contributed by atoms with Crippen molar-refractivity contribution in [3.63, 3.8) is 0 Å². The molecule has 0 aliphatic rings. The first-order chi connectivity index (χ1) is 8.12. The molecule has 1 unspecified atom stereocenters. The molecule has 0 heterocycles. The molecule has 0 spiro atoms. The van der Waals surface area contributed by atoms with E-state index in [2.05, 4.69) is 15.9 Å². The third kappa shape index (κ3) is 3.49. The van der Waals surface area contributed by atoms with Crippen LogP contribution in [0.4, 0.5) is 10.1 Å². The van der Waals surface area contributed by atoms with Gasteiger partial charge in [0.15, 0.2) is 0 Å². The van der Waals surface area contributed by atoms with E-state index in [9.17, 15) is 19.6 Å². The van der Waals surface area contributed by atoms with Crippen molar-refractivity contribution in [1.82, 2.24) is 0 Å². The maximum Gasteiger partial charge on any atom is 0.274 e. The molecule has 0 amide bonds. The standard InChI is InChI=1S/C12H15BrFNO3/c1-12(2,3)11(16)5-7-4-9(14)8(13)6-10(7)15(17)18/h4,6,11,16H,5H2,1-3H3. The molecule has 0 saturated carbocycles. The van der Waals surface area contributed by atoms with Gasteiger partial charge in [-0.25, -0.2) is 4.39 Å². The van der Waals surface area contributed by atoms with E-state index in [0.717, 1.165) is 12.1 Å². The number of rotatable bonds is 3. The molecule has 1 aromatic rings. The Labute approximate surface area is 113 Å². The molecule has 0 saturated heterocycles. The lowest BCUT2D eigenvalue weighted by Crippen LogP contribution is -2.28. The molecule has 0 fully saturated rings. The summed E-state index contributed by atoms with van der Waals surface area (Å²) in [6.45, 7) is 5.45. The van der Waals surface area contributed by atoms with E-state index in [1.807, 2.05) is 20.8 Å². The van der Waals surface area contributed by atoms with Gasteiger partial charge in [-0.2, -0.15) is 0 Å². The van der Waals surface area contributed by atoms with Gasteiger partial charge in [0.1, 0.15) is 5.82 Å². The predicted octanol–water partition coefficient (Wildman–Crippen LogP) is 3.45. The van der Waals surface area contributed by atoms with Gasteiger partial charge in [0, 0.05) is 18.1 Å². The number of nitro groups is 1. The highest BCUT2D eigenvalue weighted by Gasteiger charge is 2.26. The number of hydrogen-bond acceptors (Lipinski definition) is 3. The van der Waals surface area contributed by atoms with Crippen LogP contribution in [0, 0.1) is 21.3 Å². The van der Waals surface area contributed by atoms with E-state index in [0.29, 0.717) is 0 Å². The van der Waals surface area contributed by atoms with Crippen LogP contribution in [0.2, 0.25) is 0 Å². The second-order valence-corrected chi connectivity index (χ2v) is 6.09. The van der Waals surface area contributed by atoms with Crippen LogP contribution in [0.25, 0.3) is 0 Å². The van der Waals surface area contributed by atoms with Gasteiger partial charge < -0.3 is 5.11 Å². The van der Waals surface area contributed by atoms with Crippen molar-refractivity contribution < 1.29 is 14.4 Å². The molecule has 6 heteroatoms. The van der Waals surface area contributed by atoms with Gasteiger partial charge >= 0.3 is 0 Å². The minimum Gasteiger partial charge on any atom is -0.392 e. The molecular formula is C12H15BrFNO3. The molecule has 0 aliphatic carbocycles. The molecule has 0 radical (unpaired) electrons. The van der Waals surface area contributed by atoms with Gasteiger partial charge in [-0.05, 0) is 27.4 Å². The van der Waals surface area contributed by atoms with E-state index in [1.165, 1.54) is 0 Å². The normalized spacial score (nSPS) is 13.4. The average molecular weight is 320 g/mol. The van der Waals surface area contributed by atoms with Crippen molar-refractivity contribution in [2.24, 2.45) is 5.41 Å². The molecular weight excluding hydrogens is 305 g/mol. The first kappa shape index (κ1) is 15.0. The van der Waals surface area contributed by atoms with Gasteiger partial charge in [-0.3, -0.25) is 10.1 Å². The largest absolute Gasteiger partial charge is 0.392 e. The zero-order valence-electron chi connectivity index (χ0n) is 10.4. The van der Waals surface area contributed by atoms with Crippen molar-refractivity contribution in [3.8, 4) is 0 Å². The van der Waals surface area contributed by atoms with Crippen molar-refractivity contribution in [3.05, 3.63) is 38.1 Å². The van der Waals surface area contributed by atoms with E-state index in [4.69, 9.17) is 0 Å². The number of aliphatic hydroxyl groups excluding tert-OH is 1. The molecule has 1 aromatic carbocycles. The van der Waals surface area contributed by atoms with Gasteiger partial charge in [0.2, 0.25) is 0 Å². The van der Waals surface area contributed by atoms with Crippen LogP contribution in [0.3, 0.4) is 0 Å². The lowest BCUT2D eigenvalue weighted by Gasteiger charge is -2.25. The average Bonchev–Trinajstić information content (AvgIpc) is 2.21. The lowest BCUT2D eigenvalue weighted by molar-refractivity contribution is -0.385. The third-order valence-electron chi connectivity index (χ3n) is 2.73. The van der Waals surface area contributed by atoms with Crippen LogP contribution in [-0.2, 0) is 6.42 Å². The minimum atomic E-state index is -0.781. The molecule has 0 aliphatic heterocycles. The van der Waals surface area contributed by atoms with Crippen molar-refractivity contribution in [2.75, 3.05) is 0 Å². The van der Waals surface area contributed by atoms with Crippen molar-refractivity contribution in [2.45, 2.75) is 33.3 Å². The monoisotopic (exact) mass is 319 g/mol. The summed E-state index contributed by atoms with van der Waals surface area (Å²) in [5.74, 6) is -0.572. The molecule has 18 heavy (non-hydrogen) atoms. The number of nitro benzene ring substituents is 1. The fourth-order valence-electron chi connectivity index (χ4n) is 1.43.